The van der Waals surface area contributed by atoms with Gasteiger partial charge in [0.1, 0.15) is 0 Å². The van der Waals surface area contributed by atoms with Crippen molar-refractivity contribution in [1.29, 1.82) is 0 Å². The van der Waals surface area contributed by atoms with E-state index in [2.05, 4.69) is 13.0 Å². The van der Waals surface area contributed by atoms with Gasteiger partial charge in [-0.05, 0) is 49.6 Å². The summed E-state index contributed by atoms with van der Waals surface area (Å²) < 4.78 is 17.9. The second-order valence-corrected chi connectivity index (χ2v) is 8.06. The van der Waals surface area contributed by atoms with Gasteiger partial charge in [-0.2, -0.15) is 0 Å². The Kier molecular flexibility index (Phi) is 5.97. The number of para-hydroxylation sites is 2. The molecule has 1 saturated heterocycles. The highest BCUT2D eigenvalue weighted by atomic mass is 32.1. The maximum absolute atomic E-state index is 13.1. The van der Waals surface area contributed by atoms with Crippen molar-refractivity contribution in [2.24, 2.45) is 0 Å². The number of thiazole rings is 1. The van der Waals surface area contributed by atoms with E-state index in [1.807, 2.05) is 24.3 Å². The third-order valence-electron chi connectivity index (χ3n) is 4.90. The lowest BCUT2D eigenvalue weighted by molar-refractivity contribution is -0.121. The zero-order valence-electron chi connectivity index (χ0n) is 16.6. The number of nitrogens with zero attached hydrogens (tertiary/aromatic N) is 2. The van der Waals surface area contributed by atoms with E-state index in [1.54, 1.807) is 24.1 Å². The number of hydrogen-bond acceptors (Lipinski definition) is 6. The summed E-state index contributed by atoms with van der Waals surface area (Å²) in [6.45, 7) is 3.17. The molecule has 0 saturated carbocycles. The van der Waals surface area contributed by atoms with Crippen LogP contribution in [-0.4, -0.2) is 43.9 Å². The molecule has 1 atom stereocenters. The van der Waals surface area contributed by atoms with E-state index < -0.39 is 0 Å². The molecule has 1 aliphatic rings. The van der Waals surface area contributed by atoms with Crippen LogP contribution in [0.1, 0.15) is 18.4 Å². The van der Waals surface area contributed by atoms with Crippen molar-refractivity contribution < 1.29 is 19.0 Å². The predicted octanol–water partition coefficient (Wildman–Crippen LogP) is 4.20. The van der Waals surface area contributed by atoms with Crippen molar-refractivity contribution in [3.63, 3.8) is 0 Å². The van der Waals surface area contributed by atoms with Gasteiger partial charge in [-0.15, -0.1) is 0 Å². The third kappa shape index (κ3) is 4.52. The molecule has 0 aliphatic carbocycles. The van der Waals surface area contributed by atoms with Gasteiger partial charge in [-0.25, -0.2) is 4.98 Å². The fourth-order valence-electron chi connectivity index (χ4n) is 3.37. The highest BCUT2D eigenvalue weighted by molar-refractivity contribution is 7.22. The second-order valence-electron chi connectivity index (χ2n) is 7.05. The van der Waals surface area contributed by atoms with E-state index in [4.69, 9.17) is 19.2 Å². The molecular weight excluding hydrogens is 388 g/mol. The molecule has 7 heteroatoms. The first-order valence-corrected chi connectivity index (χ1v) is 10.5. The molecule has 1 aromatic heterocycles. The van der Waals surface area contributed by atoms with Crippen LogP contribution in [0.4, 0.5) is 5.13 Å². The van der Waals surface area contributed by atoms with Crippen LogP contribution in [0.3, 0.4) is 0 Å². The molecule has 0 radical (unpaired) electrons. The molecule has 3 aromatic rings. The highest BCUT2D eigenvalue weighted by Gasteiger charge is 2.26. The SMILES string of the molecule is COc1ccccc1OCC(=O)N(CC1CCCO1)c1nc2ccc(C)cc2s1. The lowest BCUT2D eigenvalue weighted by atomic mass is 10.2. The lowest BCUT2D eigenvalue weighted by Gasteiger charge is -2.23. The molecule has 152 valence electrons. The second kappa shape index (κ2) is 8.80. The standard InChI is InChI=1S/C22H24N2O4S/c1-15-9-10-17-20(12-15)29-22(23-17)24(13-16-6-5-11-27-16)21(25)14-28-19-8-4-3-7-18(19)26-2/h3-4,7-10,12,16H,5-6,11,13-14H2,1-2H3. The molecule has 4 rings (SSSR count). The first-order chi connectivity index (χ1) is 14.1. The zero-order chi connectivity index (χ0) is 20.2. The molecule has 2 aromatic carbocycles. The largest absolute Gasteiger partial charge is 0.493 e. The summed E-state index contributed by atoms with van der Waals surface area (Å²) in [4.78, 5) is 19.5. The molecule has 2 heterocycles. The molecule has 0 N–H and O–H groups in total. The van der Waals surface area contributed by atoms with Crippen LogP contribution in [-0.2, 0) is 9.53 Å². The van der Waals surface area contributed by atoms with Crippen LogP contribution in [0.25, 0.3) is 10.2 Å². The first-order valence-electron chi connectivity index (χ1n) is 9.69. The molecule has 1 fully saturated rings. The number of carbonyl (C=O) groups is 1. The minimum absolute atomic E-state index is 0.0268. The highest BCUT2D eigenvalue weighted by Crippen LogP contribution is 2.31. The molecule has 29 heavy (non-hydrogen) atoms. The number of benzene rings is 2. The molecule has 1 amide bonds. The number of hydrogen-bond donors (Lipinski definition) is 0. The van der Waals surface area contributed by atoms with Gasteiger partial charge in [-0.1, -0.05) is 29.5 Å². The minimum Gasteiger partial charge on any atom is -0.493 e. The van der Waals surface area contributed by atoms with Crippen molar-refractivity contribution in [3.8, 4) is 11.5 Å². The van der Waals surface area contributed by atoms with Crippen LogP contribution >= 0.6 is 11.3 Å². The van der Waals surface area contributed by atoms with Gasteiger partial charge in [0.2, 0.25) is 0 Å². The van der Waals surface area contributed by atoms with Crippen LogP contribution in [0, 0.1) is 6.92 Å². The van der Waals surface area contributed by atoms with Gasteiger partial charge in [0.25, 0.3) is 5.91 Å². The Labute approximate surface area is 174 Å². The normalized spacial score (nSPS) is 16.1. The number of fused-ring (bicyclic) bond motifs is 1. The number of rotatable bonds is 7. The van der Waals surface area contributed by atoms with E-state index >= 15 is 0 Å². The summed E-state index contributed by atoms with van der Waals surface area (Å²) in [6, 6.07) is 13.4. The minimum atomic E-state index is -0.151. The number of ether oxygens (including phenoxy) is 3. The summed E-state index contributed by atoms with van der Waals surface area (Å²) >= 11 is 1.52. The average molecular weight is 413 g/mol. The van der Waals surface area contributed by atoms with E-state index in [-0.39, 0.29) is 18.6 Å². The Balaban J connectivity index is 1.56. The fraction of sp³-hybridized carbons (Fsp3) is 0.364. The number of anilines is 1. The molecule has 1 aliphatic heterocycles. The average Bonchev–Trinajstić information content (AvgIpc) is 3.39. The molecule has 1 unspecified atom stereocenters. The van der Waals surface area contributed by atoms with Gasteiger partial charge in [0.15, 0.2) is 23.2 Å². The molecule has 0 spiro atoms. The maximum Gasteiger partial charge on any atom is 0.266 e. The van der Waals surface area contributed by atoms with Gasteiger partial charge >= 0.3 is 0 Å². The van der Waals surface area contributed by atoms with Crippen molar-refractivity contribution in [3.05, 3.63) is 48.0 Å². The molecule has 0 bridgehead atoms. The number of carbonyl (C=O) groups excluding carboxylic acids is 1. The van der Waals surface area contributed by atoms with E-state index in [1.165, 1.54) is 16.9 Å². The molecule has 6 nitrogen and oxygen atoms in total. The third-order valence-corrected chi connectivity index (χ3v) is 5.94. The summed E-state index contributed by atoms with van der Waals surface area (Å²) in [5, 5.41) is 0.676. The summed E-state index contributed by atoms with van der Waals surface area (Å²) in [5.41, 5.74) is 2.07. The summed E-state index contributed by atoms with van der Waals surface area (Å²) in [7, 11) is 1.58. The number of aromatic nitrogens is 1. The topological polar surface area (TPSA) is 60.9 Å². The van der Waals surface area contributed by atoms with E-state index in [0.717, 1.165) is 29.7 Å². The van der Waals surface area contributed by atoms with Crippen molar-refractivity contribution in [2.75, 3.05) is 31.8 Å². The fourth-order valence-corrected chi connectivity index (χ4v) is 4.46. The van der Waals surface area contributed by atoms with Crippen molar-refractivity contribution in [2.45, 2.75) is 25.9 Å². The van der Waals surface area contributed by atoms with Gasteiger partial charge in [0, 0.05) is 6.61 Å². The first kappa shape index (κ1) is 19.7. The van der Waals surface area contributed by atoms with Crippen molar-refractivity contribution in [1.82, 2.24) is 4.98 Å². The van der Waals surface area contributed by atoms with Crippen molar-refractivity contribution >= 4 is 32.6 Å². The van der Waals surface area contributed by atoms with Gasteiger partial charge in [-0.3, -0.25) is 9.69 Å². The maximum atomic E-state index is 13.1. The number of aryl methyl sites for hydroxylation is 1. The van der Waals surface area contributed by atoms with E-state index in [0.29, 0.717) is 23.2 Å². The quantitative estimate of drug-likeness (QED) is 0.582. The Morgan fingerprint density at radius 1 is 1.28 bits per heavy atom. The van der Waals surface area contributed by atoms with Gasteiger partial charge in [0.05, 0.1) is 30.0 Å². The Morgan fingerprint density at radius 2 is 2.10 bits per heavy atom. The smallest absolute Gasteiger partial charge is 0.266 e. The Morgan fingerprint density at radius 3 is 2.86 bits per heavy atom. The number of amides is 1. The van der Waals surface area contributed by atoms with Crippen LogP contribution in [0.2, 0.25) is 0 Å². The van der Waals surface area contributed by atoms with Crippen LogP contribution < -0.4 is 14.4 Å². The molecular formula is C22H24N2O4S. The Hall–Kier alpha value is -2.64. The summed E-state index contributed by atoms with van der Waals surface area (Å²) in [6.07, 6.45) is 1.99. The zero-order valence-corrected chi connectivity index (χ0v) is 17.4. The van der Waals surface area contributed by atoms with Crippen LogP contribution in [0.5, 0.6) is 11.5 Å². The van der Waals surface area contributed by atoms with E-state index in [9.17, 15) is 4.79 Å². The Bertz CT molecular complexity index is 997. The van der Waals surface area contributed by atoms with Crippen LogP contribution in [0.15, 0.2) is 42.5 Å². The summed E-state index contributed by atoms with van der Waals surface area (Å²) in [5.74, 6) is 0.990. The number of methoxy groups -OCH3 is 1. The predicted molar refractivity (Wildman–Crippen MR) is 114 cm³/mol. The lowest BCUT2D eigenvalue weighted by Crippen LogP contribution is -2.40. The van der Waals surface area contributed by atoms with Gasteiger partial charge < -0.3 is 14.2 Å². The monoisotopic (exact) mass is 412 g/mol.